The minimum atomic E-state index is -3.59. The minimum Gasteiger partial charge on any atom is -0.448 e. The molecule has 11 nitrogen and oxygen atoms in total. The third-order valence-electron chi connectivity index (χ3n) is 2.81. The van der Waals surface area contributed by atoms with E-state index in [0.717, 1.165) is 12.1 Å². The lowest BCUT2D eigenvalue weighted by Gasteiger charge is -2.07. The van der Waals surface area contributed by atoms with Gasteiger partial charge >= 0.3 is 12.2 Å². The summed E-state index contributed by atoms with van der Waals surface area (Å²) in [5, 5.41) is 12.8. The van der Waals surface area contributed by atoms with E-state index in [4.69, 9.17) is 4.74 Å². The van der Waals surface area contributed by atoms with Crippen molar-refractivity contribution in [1.29, 1.82) is 0 Å². The molecule has 0 unspecified atom stereocenters. The highest BCUT2D eigenvalue weighted by Gasteiger charge is 2.15. The first-order chi connectivity index (χ1) is 12.2. The maximum absolute atomic E-state index is 11.7. The summed E-state index contributed by atoms with van der Waals surface area (Å²) in [6, 6.07) is 4.69. The van der Waals surface area contributed by atoms with E-state index < -0.39 is 45.1 Å². The topological polar surface area (TPSA) is 151 Å². The molecule has 0 heterocycles. The van der Waals surface area contributed by atoms with E-state index >= 15 is 0 Å². The van der Waals surface area contributed by atoms with Crippen LogP contribution < -0.4 is 10.1 Å². The Morgan fingerprint density at radius 1 is 1.12 bits per heavy atom. The molecule has 0 bridgehead atoms. The van der Waals surface area contributed by atoms with E-state index in [2.05, 4.69) is 14.8 Å². The van der Waals surface area contributed by atoms with Gasteiger partial charge in [-0.3, -0.25) is 10.1 Å². The minimum absolute atomic E-state index is 0.0128. The monoisotopic (exact) mass is 390 g/mol. The molecule has 0 saturated heterocycles. The number of non-ortho nitro benzene ring substituents is 1. The van der Waals surface area contributed by atoms with Crippen molar-refractivity contribution in [2.45, 2.75) is 6.92 Å². The largest absolute Gasteiger partial charge is 0.513 e. The SMILES string of the molecule is CCNC(=O)OCCS(=O)(=O)CCOC(=O)Oc1ccc([N+](=O)[O-])cc1. The van der Waals surface area contributed by atoms with Crippen LogP contribution in [0.25, 0.3) is 0 Å². The molecular weight excluding hydrogens is 372 g/mol. The van der Waals surface area contributed by atoms with E-state index in [0.29, 0.717) is 6.54 Å². The van der Waals surface area contributed by atoms with Crippen molar-refractivity contribution in [3.63, 3.8) is 0 Å². The van der Waals surface area contributed by atoms with Gasteiger partial charge in [-0.15, -0.1) is 0 Å². The smallest absolute Gasteiger partial charge is 0.448 e. The first-order valence-corrected chi connectivity index (χ1v) is 9.25. The summed E-state index contributed by atoms with van der Waals surface area (Å²) in [5.74, 6) is -0.870. The molecule has 0 atom stereocenters. The van der Waals surface area contributed by atoms with Crippen molar-refractivity contribution >= 4 is 27.8 Å². The first-order valence-electron chi connectivity index (χ1n) is 7.43. The molecule has 26 heavy (non-hydrogen) atoms. The molecule has 0 aliphatic heterocycles. The van der Waals surface area contributed by atoms with Crippen LogP contribution in [0.2, 0.25) is 0 Å². The number of hydrogen-bond acceptors (Lipinski definition) is 9. The summed E-state index contributed by atoms with van der Waals surface area (Å²) < 4.78 is 37.4. The zero-order valence-electron chi connectivity index (χ0n) is 13.9. The number of nitrogens with zero attached hydrogens (tertiary/aromatic N) is 1. The van der Waals surface area contributed by atoms with Gasteiger partial charge in [-0.1, -0.05) is 0 Å². The van der Waals surface area contributed by atoms with Gasteiger partial charge in [0, 0.05) is 18.7 Å². The van der Waals surface area contributed by atoms with Gasteiger partial charge in [0.1, 0.15) is 19.0 Å². The second-order valence-electron chi connectivity index (χ2n) is 4.77. The number of rotatable bonds is 9. The van der Waals surface area contributed by atoms with Crippen LogP contribution in [0, 0.1) is 10.1 Å². The summed E-state index contributed by atoms with van der Waals surface area (Å²) in [6.07, 6.45) is -1.86. The number of carbonyl (C=O) groups is 2. The van der Waals surface area contributed by atoms with Gasteiger partial charge in [-0.2, -0.15) is 0 Å². The molecule has 1 rings (SSSR count). The summed E-state index contributed by atoms with van der Waals surface area (Å²) in [5.41, 5.74) is -0.174. The molecule has 0 saturated carbocycles. The van der Waals surface area contributed by atoms with E-state index in [1.54, 1.807) is 6.92 Å². The normalized spacial score (nSPS) is 10.7. The average Bonchev–Trinajstić information content (AvgIpc) is 2.55. The summed E-state index contributed by atoms with van der Waals surface area (Å²) in [4.78, 5) is 32.3. The van der Waals surface area contributed by atoms with Gasteiger partial charge in [0.2, 0.25) is 0 Å². The van der Waals surface area contributed by atoms with Crippen LogP contribution in [-0.2, 0) is 19.3 Å². The van der Waals surface area contributed by atoms with Crippen LogP contribution in [0.4, 0.5) is 15.3 Å². The Morgan fingerprint density at radius 2 is 1.69 bits per heavy atom. The quantitative estimate of drug-likeness (QED) is 0.284. The summed E-state index contributed by atoms with van der Waals surface area (Å²) >= 11 is 0. The van der Waals surface area contributed by atoms with Gasteiger partial charge in [0.05, 0.1) is 16.4 Å². The Labute approximate surface area is 149 Å². The third kappa shape index (κ3) is 8.28. The highest BCUT2D eigenvalue weighted by atomic mass is 32.2. The standard InChI is InChI=1S/C14H18N2O9S/c1-2-15-13(17)23-7-9-26(21,22)10-8-24-14(18)25-12-5-3-11(4-6-12)16(19)20/h3-6H,2,7-10H2,1H3,(H,15,17). The van der Waals surface area contributed by atoms with E-state index in [9.17, 15) is 28.1 Å². The third-order valence-corrected chi connectivity index (χ3v) is 4.39. The molecule has 1 aromatic rings. The second-order valence-corrected chi connectivity index (χ2v) is 7.07. The molecular formula is C14H18N2O9S. The zero-order valence-corrected chi connectivity index (χ0v) is 14.7. The molecule has 0 aromatic heterocycles. The molecule has 0 aliphatic carbocycles. The van der Waals surface area contributed by atoms with Crippen molar-refractivity contribution < 1.29 is 37.1 Å². The molecule has 1 aromatic carbocycles. The van der Waals surface area contributed by atoms with Crippen LogP contribution in [0.3, 0.4) is 0 Å². The lowest BCUT2D eigenvalue weighted by Crippen LogP contribution is -2.27. The molecule has 12 heteroatoms. The van der Waals surface area contributed by atoms with Gasteiger partial charge in [0.25, 0.3) is 5.69 Å². The maximum atomic E-state index is 11.7. The fourth-order valence-electron chi connectivity index (χ4n) is 1.57. The maximum Gasteiger partial charge on any atom is 0.513 e. The highest BCUT2D eigenvalue weighted by molar-refractivity contribution is 7.91. The number of nitro groups is 1. The molecule has 144 valence electrons. The molecule has 1 amide bonds. The lowest BCUT2D eigenvalue weighted by atomic mass is 10.3. The predicted octanol–water partition coefficient (Wildman–Crippen LogP) is 1.27. The number of benzene rings is 1. The zero-order chi connectivity index (χ0) is 19.6. The molecule has 0 aliphatic rings. The Hall–Kier alpha value is -2.89. The van der Waals surface area contributed by atoms with Gasteiger partial charge in [0.15, 0.2) is 9.84 Å². The van der Waals surface area contributed by atoms with Crippen LogP contribution >= 0.6 is 0 Å². The van der Waals surface area contributed by atoms with Crippen LogP contribution in [0.1, 0.15) is 6.92 Å². The number of carbonyl (C=O) groups excluding carboxylic acids is 2. The Bertz CT molecular complexity index is 731. The first kappa shape index (κ1) is 21.2. The van der Waals surface area contributed by atoms with Crippen molar-refractivity contribution in [1.82, 2.24) is 5.32 Å². The van der Waals surface area contributed by atoms with E-state index in [-0.39, 0.29) is 18.0 Å². The summed E-state index contributed by atoms with van der Waals surface area (Å²) in [6.45, 7) is 1.28. The Balaban J connectivity index is 2.31. The molecule has 0 fully saturated rings. The van der Waals surface area contributed by atoms with Gasteiger partial charge < -0.3 is 19.5 Å². The van der Waals surface area contributed by atoms with Crippen molar-refractivity contribution in [2.24, 2.45) is 0 Å². The second kappa shape index (κ2) is 10.2. The van der Waals surface area contributed by atoms with Crippen LogP contribution in [0.15, 0.2) is 24.3 Å². The fourth-order valence-corrected chi connectivity index (χ4v) is 2.45. The van der Waals surface area contributed by atoms with Gasteiger partial charge in [-0.05, 0) is 19.1 Å². The van der Waals surface area contributed by atoms with Crippen molar-refractivity contribution in [3.8, 4) is 5.75 Å². The Kier molecular flexibility index (Phi) is 8.28. The molecule has 0 radical (unpaired) electrons. The van der Waals surface area contributed by atoms with Crippen molar-refractivity contribution in [2.75, 3.05) is 31.3 Å². The van der Waals surface area contributed by atoms with Gasteiger partial charge in [-0.25, -0.2) is 18.0 Å². The number of ether oxygens (including phenoxy) is 3. The molecule has 0 spiro atoms. The average molecular weight is 390 g/mol. The van der Waals surface area contributed by atoms with E-state index in [1.165, 1.54) is 12.1 Å². The van der Waals surface area contributed by atoms with Crippen LogP contribution in [-0.4, -0.2) is 56.9 Å². The number of amides is 1. The van der Waals surface area contributed by atoms with E-state index in [1.807, 2.05) is 0 Å². The fraction of sp³-hybridized carbons (Fsp3) is 0.429. The number of alkyl carbamates (subject to hydrolysis) is 1. The number of sulfone groups is 1. The lowest BCUT2D eigenvalue weighted by molar-refractivity contribution is -0.384. The van der Waals surface area contributed by atoms with Crippen molar-refractivity contribution in [3.05, 3.63) is 34.4 Å². The highest BCUT2D eigenvalue weighted by Crippen LogP contribution is 2.17. The number of hydrogen-bond donors (Lipinski definition) is 1. The van der Waals surface area contributed by atoms with Crippen LogP contribution in [0.5, 0.6) is 5.75 Å². The molecule has 1 N–H and O–H groups in total. The predicted molar refractivity (Wildman–Crippen MR) is 88.8 cm³/mol. The Morgan fingerprint density at radius 3 is 2.23 bits per heavy atom. The number of nitro benzene ring substituents is 1. The summed E-state index contributed by atoms with van der Waals surface area (Å²) in [7, 11) is -3.59. The number of nitrogens with one attached hydrogen (secondary N) is 1.